The summed E-state index contributed by atoms with van der Waals surface area (Å²) in [4.78, 5) is 16.4. The first-order valence-corrected chi connectivity index (χ1v) is 13.8. The van der Waals surface area contributed by atoms with E-state index in [1.54, 1.807) is 6.20 Å². The summed E-state index contributed by atoms with van der Waals surface area (Å²) in [5.74, 6) is 4.37. The Morgan fingerprint density at radius 2 is 1.47 bits per heavy atom. The molecule has 1 aromatic rings. The van der Waals surface area contributed by atoms with Gasteiger partial charge in [-0.3, -0.25) is 9.78 Å². The lowest BCUT2D eigenvalue weighted by Crippen LogP contribution is -2.26. The number of carbonyl (C=O) groups excluding carboxylic acids is 1. The number of unbranched alkanes of at least 4 members (excludes halogenated alkanes) is 3. The third-order valence-corrected chi connectivity index (χ3v) is 8.24. The number of esters is 1. The Morgan fingerprint density at radius 3 is 2.03 bits per heavy atom. The van der Waals surface area contributed by atoms with Gasteiger partial charge in [0.25, 0.3) is 0 Å². The summed E-state index contributed by atoms with van der Waals surface area (Å²) in [6.45, 7) is 4.46. The summed E-state index contributed by atoms with van der Waals surface area (Å²) < 4.78 is 5.40. The minimum atomic E-state index is -0.140. The number of ether oxygens (including phenoxy) is 1. The lowest BCUT2D eigenvalue weighted by molar-refractivity contribution is -0.134. The van der Waals surface area contributed by atoms with E-state index >= 15 is 0 Å². The molecule has 32 heavy (non-hydrogen) atoms. The molecule has 2 saturated carbocycles. The van der Waals surface area contributed by atoms with Crippen LogP contribution in [-0.2, 0) is 11.2 Å². The molecule has 0 bridgehead atoms. The molecule has 0 spiro atoms. The first-order valence-electron chi connectivity index (χ1n) is 13.8. The lowest BCUT2D eigenvalue weighted by atomic mass is 9.68. The third-order valence-electron chi connectivity index (χ3n) is 8.24. The van der Waals surface area contributed by atoms with Crippen LogP contribution in [0.15, 0.2) is 18.3 Å². The molecule has 3 rings (SSSR count). The Balaban J connectivity index is 1.31. The van der Waals surface area contributed by atoms with Crippen molar-refractivity contribution in [2.75, 3.05) is 0 Å². The molecular weight excluding hydrogens is 394 g/mol. The summed E-state index contributed by atoms with van der Waals surface area (Å²) in [6, 6.07) is 3.95. The van der Waals surface area contributed by atoms with Gasteiger partial charge in [0, 0.05) is 12.1 Å². The van der Waals surface area contributed by atoms with Crippen LogP contribution in [0, 0.1) is 23.7 Å². The molecule has 0 saturated heterocycles. The average molecular weight is 442 g/mol. The molecule has 0 N–H and O–H groups in total. The van der Waals surface area contributed by atoms with Crippen LogP contribution in [0.4, 0.5) is 0 Å². The SMILES string of the molecule is CCCCCC(=O)Oc1ccc(CCC2CCC(C3CCC(CCCC)CC3)CC2)nc1. The van der Waals surface area contributed by atoms with Gasteiger partial charge in [0.2, 0.25) is 0 Å². The molecule has 0 radical (unpaired) electrons. The zero-order valence-corrected chi connectivity index (χ0v) is 20.8. The van der Waals surface area contributed by atoms with Crippen LogP contribution in [-0.4, -0.2) is 11.0 Å². The maximum Gasteiger partial charge on any atom is 0.311 e. The van der Waals surface area contributed by atoms with E-state index < -0.39 is 0 Å². The molecule has 0 amide bonds. The van der Waals surface area contributed by atoms with E-state index in [1.807, 2.05) is 12.1 Å². The predicted octanol–water partition coefficient (Wildman–Crippen LogP) is 8.30. The number of pyridine rings is 1. The molecule has 1 heterocycles. The van der Waals surface area contributed by atoms with Crippen molar-refractivity contribution in [1.82, 2.24) is 4.98 Å². The minimum Gasteiger partial charge on any atom is -0.425 e. The fourth-order valence-electron chi connectivity index (χ4n) is 6.06. The molecule has 0 atom stereocenters. The van der Waals surface area contributed by atoms with E-state index in [2.05, 4.69) is 18.8 Å². The van der Waals surface area contributed by atoms with E-state index in [-0.39, 0.29) is 5.97 Å². The first-order chi connectivity index (χ1) is 15.7. The predicted molar refractivity (Wildman–Crippen MR) is 133 cm³/mol. The number of carbonyl (C=O) groups is 1. The summed E-state index contributed by atoms with van der Waals surface area (Å²) in [5, 5.41) is 0. The second-order valence-electron chi connectivity index (χ2n) is 10.7. The highest BCUT2D eigenvalue weighted by atomic mass is 16.5. The summed E-state index contributed by atoms with van der Waals surface area (Å²) >= 11 is 0. The van der Waals surface area contributed by atoms with Crippen molar-refractivity contribution in [3.63, 3.8) is 0 Å². The standard InChI is InChI=1S/C29H47NO2/c1-3-5-7-9-29(31)32-28-21-20-27(30-22-28)19-14-24-12-17-26(18-13-24)25-15-10-23(11-16-25)8-6-4-2/h20-26H,3-19H2,1-2H3. The van der Waals surface area contributed by atoms with Crippen LogP contribution in [0.25, 0.3) is 0 Å². The Labute approximate surface area is 197 Å². The summed E-state index contributed by atoms with van der Waals surface area (Å²) in [6.07, 6.45) is 23.6. The van der Waals surface area contributed by atoms with Crippen molar-refractivity contribution >= 4 is 5.97 Å². The Kier molecular flexibility index (Phi) is 11.1. The normalized spacial score (nSPS) is 26.1. The molecular formula is C29H47NO2. The number of nitrogens with zero attached hydrogens (tertiary/aromatic N) is 1. The minimum absolute atomic E-state index is 0.140. The largest absolute Gasteiger partial charge is 0.425 e. The lowest BCUT2D eigenvalue weighted by Gasteiger charge is -2.38. The van der Waals surface area contributed by atoms with E-state index in [4.69, 9.17) is 4.74 Å². The number of rotatable bonds is 12. The molecule has 3 heteroatoms. The van der Waals surface area contributed by atoms with Crippen molar-refractivity contribution in [1.29, 1.82) is 0 Å². The van der Waals surface area contributed by atoms with Gasteiger partial charge < -0.3 is 4.74 Å². The topological polar surface area (TPSA) is 39.2 Å². The molecule has 2 fully saturated rings. The summed E-state index contributed by atoms with van der Waals surface area (Å²) in [7, 11) is 0. The maximum atomic E-state index is 11.9. The van der Waals surface area contributed by atoms with Gasteiger partial charge in [-0.05, 0) is 80.8 Å². The zero-order valence-electron chi connectivity index (χ0n) is 20.8. The smallest absolute Gasteiger partial charge is 0.311 e. The van der Waals surface area contributed by atoms with Gasteiger partial charge in [-0.1, -0.05) is 71.6 Å². The van der Waals surface area contributed by atoms with E-state index in [9.17, 15) is 4.79 Å². The molecule has 3 nitrogen and oxygen atoms in total. The van der Waals surface area contributed by atoms with Crippen LogP contribution in [0.5, 0.6) is 5.75 Å². The monoisotopic (exact) mass is 441 g/mol. The average Bonchev–Trinajstić information content (AvgIpc) is 2.83. The molecule has 1 aromatic heterocycles. The van der Waals surface area contributed by atoms with Crippen molar-refractivity contribution in [3.05, 3.63) is 24.0 Å². The van der Waals surface area contributed by atoms with Crippen LogP contribution in [0.1, 0.15) is 122 Å². The summed E-state index contributed by atoms with van der Waals surface area (Å²) in [5.41, 5.74) is 1.13. The van der Waals surface area contributed by atoms with Crippen LogP contribution in [0.3, 0.4) is 0 Å². The number of hydrogen-bond acceptors (Lipinski definition) is 3. The fourth-order valence-corrected chi connectivity index (χ4v) is 6.06. The number of hydrogen-bond donors (Lipinski definition) is 0. The van der Waals surface area contributed by atoms with Crippen LogP contribution < -0.4 is 4.74 Å². The Bertz CT molecular complexity index is 640. The van der Waals surface area contributed by atoms with Gasteiger partial charge in [-0.25, -0.2) is 0 Å². The van der Waals surface area contributed by atoms with E-state index in [1.165, 1.54) is 77.0 Å². The van der Waals surface area contributed by atoms with Gasteiger partial charge in [-0.15, -0.1) is 0 Å². The van der Waals surface area contributed by atoms with Gasteiger partial charge in [0.05, 0.1) is 6.20 Å². The Morgan fingerprint density at radius 1 is 0.844 bits per heavy atom. The van der Waals surface area contributed by atoms with Crippen molar-refractivity contribution in [3.8, 4) is 5.75 Å². The molecule has 2 aliphatic carbocycles. The van der Waals surface area contributed by atoms with Crippen molar-refractivity contribution in [2.45, 2.75) is 123 Å². The molecule has 2 aliphatic rings. The zero-order chi connectivity index (χ0) is 22.6. The second-order valence-corrected chi connectivity index (χ2v) is 10.7. The van der Waals surface area contributed by atoms with Crippen molar-refractivity contribution < 1.29 is 9.53 Å². The van der Waals surface area contributed by atoms with Gasteiger partial charge in [0.15, 0.2) is 0 Å². The third kappa shape index (κ3) is 8.52. The maximum absolute atomic E-state index is 11.9. The second kappa shape index (κ2) is 14.0. The number of aryl methyl sites for hydroxylation is 1. The van der Waals surface area contributed by atoms with Gasteiger partial charge >= 0.3 is 5.97 Å². The first kappa shape index (κ1) is 25.2. The highest BCUT2D eigenvalue weighted by Crippen LogP contribution is 2.43. The molecule has 180 valence electrons. The Hall–Kier alpha value is -1.38. The fraction of sp³-hybridized carbons (Fsp3) is 0.793. The van der Waals surface area contributed by atoms with E-state index in [0.717, 1.165) is 55.0 Å². The van der Waals surface area contributed by atoms with Crippen LogP contribution >= 0.6 is 0 Å². The number of aromatic nitrogens is 1. The molecule has 0 aromatic carbocycles. The van der Waals surface area contributed by atoms with Crippen LogP contribution in [0.2, 0.25) is 0 Å². The van der Waals surface area contributed by atoms with E-state index in [0.29, 0.717) is 12.2 Å². The highest BCUT2D eigenvalue weighted by Gasteiger charge is 2.30. The molecule has 0 aliphatic heterocycles. The van der Waals surface area contributed by atoms with Gasteiger partial charge in [0.1, 0.15) is 5.75 Å². The highest BCUT2D eigenvalue weighted by molar-refractivity contribution is 5.72. The van der Waals surface area contributed by atoms with Gasteiger partial charge in [-0.2, -0.15) is 0 Å². The molecule has 0 unspecified atom stereocenters. The quantitative estimate of drug-likeness (QED) is 0.242. The van der Waals surface area contributed by atoms with Crippen molar-refractivity contribution in [2.24, 2.45) is 23.7 Å².